The van der Waals surface area contributed by atoms with Crippen LogP contribution in [-0.4, -0.2) is 17.6 Å². The normalized spacial score (nSPS) is 24.3. The van der Waals surface area contributed by atoms with Crippen LogP contribution in [0.15, 0.2) is 24.3 Å². The second-order valence-corrected chi connectivity index (χ2v) is 5.84. The van der Waals surface area contributed by atoms with E-state index in [9.17, 15) is 0 Å². The first-order valence-corrected chi connectivity index (χ1v) is 6.98. The number of thiazole rings is 1. The van der Waals surface area contributed by atoms with Gasteiger partial charge in [0.1, 0.15) is 0 Å². The Hall–Kier alpha value is -1.13. The van der Waals surface area contributed by atoms with Gasteiger partial charge in [-0.1, -0.05) is 23.5 Å². The van der Waals surface area contributed by atoms with Gasteiger partial charge in [-0.2, -0.15) is 0 Å². The lowest BCUT2D eigenvalue weighted by molar-refractivity contribution is 0.565. The molecule has 1 heterocycles. The molecule has 0 amide bonds. The maximum Gasteiger partial charge on any atom is 0.183 e. The van der Waals surface area contributed by atoms with Gasteiger partial charge in [0.15, 0.2) is 5.13 Å². The number of hydrogen-bond donors (Lipinski definition) is 2. The van der Waals surface area contributed by atoms with Gasteiger partial charge in [0.2, 0.25) is 0 Å². The van der Waals surface area contributed by atoms with Crippen LogP contribution >= 0.6 is 11.3 Å². The Morgan fingerprint density at radius 1 is 1.35 bits per heavy atom. The van der Waals surface area contributed by atoms with E-state index >= 15 is 0 Å². The molecule has 3 N–H and O–H groups in total. The van der Waals surface area contributed by atoms with Crippen LogP contribution in [0.3, 0.4) is 0 Å². The molecule has 17 heavy (non-hydrogen) atoms. The van der Waals surface area contributed by atoms with Crippen molar-refractivity contribution in [2.24, 2.45) is 11.7 Å². The molecule has 90 valence electrons. The monoisotopic (exact) mass is 247 g/mol. The number of aromatic nitrogens is 1. The summed E-state index contributed by atoms with van der Waals surface area (Å²) in [6.07, 6.45) is 3.57. The van der Waals surface area contributed by atoms with E-state index in [1.54, 1.807) is 11.3 Å². The Kier molecular flexibility index (Phi) is 2.99. The topological polar surface area (TPSA) is 50.9 Å². The Labute approximate surface area is 105 Å². The van der Waals surface area contributed by atoms with Crippen LogP contribution in [0.5, 0.6) is 0 Å². The zero-order chi connectivity index (χ0) is 11.7. The Bertz CT molecular complexity index is 475. The van der Waals surface area contributed by atoms with E-state index in [1.165, 1.54) is 17.5 Å². The third-order valence-corrected chi connectivity index (χ3v) is 4.41. The van der Waals surface area contributed by atoms with E-state index in [0.717, 1.165) is 29.5 Å². The van der Waals surface area contributed by atoms with Crippen LogP contribution in [0.2, 0.25) is 0 Å². The Morgan fingerprint density at radius 2 is 2.24 bits per heavy atom. The lowest BCUT2D eigenvalue weighted by Gasteiger charge is -2.09. The van der Waals surface area contributed by atoms with Crippen LogP contribution in [0, 0.1) is 5.92 Å². The average Bonchev–Trinajstić information content (AvgIpc) is 2.91. The molecule has 0 saturated heterocycles. The number of anilines is 1. The van der Waals surface area contributed by atoms with Crippen molar-refractivity contribution >= 4 is 26.7 Å². The van der Waals surface area contributed by atoms with Crippen molar-refractivity contribution in [3.63, 3.8) is 0 Å². The van der Waals surface area contributed by atoms with Crippen molar-refractivity contribution in [1.29, 1.82) is 0 Å². The van der Waals surface area contributed by atoms with Gasteiger partial charge in [0.05, 0.1) is 10.2 Å². The highest BCUT2D eigenvalue weighted by molar-refractivity contribution is 7.22. The molecule has 4 heteroatoms. The highest BCUT2D eigenvalue weighted by atomic mass is 32.1. The molecule has 3 nitrogen and oxygen atoms in total. The summed E-state index contributed by atoms with van der Waals surface area (Å²) in [6.45, 7) is 1.01. The number of hydrogen-bond acceptors (Lipinski definition) is 4. The van der Waals surface area contributed by atoms with Crippen molar-refractivity contribution in [2.45, 2.75) is 25.3 Å². The summed E-state index contributed by atoms with van der Waals surface area (Å²) in [5, 5.41) is 4.48. The van der Waals surface area contributed by atoms with Gasteiger partial charge >= 0.3 is 0 Å². The number of rotatable bonds is 3. The van der Waals surface area contributed by atoms with Crippen molar-refractivity contribution in [3.8, 4) is 0 Å². The van der Waals surface area contributed by atoms with Crippen molar-refractivity contribution in [1.82, 2.24) is 4.98 Å². The lowest BCUT2D eigenvalue weighted by Crippen LogP contribution is -2.17. The fourth-order valence-electron chi connectivity index (χ4n) is 2.48. The van der Waals surface area contributed by atoms with Crippen LogP contribution in [0.4, 0.5) is 5.13 Å². The molecule has 0 radical (unpaired) electrons. The van der Waals surface area contributed by atoms with E-state index in [-0.39, 0.29) is 0 Å². The third kappa shape index (κ3) is 2.42. The fraction of sp³-hybridized carbons (Fsp3) is 0.462. The Morgan fingerprint density at radius 3 is 3.00 bits per heavy atom. The van der Waals surface area contributed by atoms with E-state index in [2.05, 4.69) is 28.5 Å². The summed E-state index contributed by atoms with van der Waals surface area (Å²) >= 11 is 1.73. The average molecular weight is 247 g/mol. The predicted octanol–water partition coefficient (Wildman–Crippen LogP) is 2.84. The summed E-state index contributed by atoms with van der Waals surface area (Å²) in [5.74, 6) is 0.719. The minimum absolute atomic E-state index is 0.414. The summed E-state index contributed by atoms with van der Waals surface area (Å²) in [6, 6.07) is 8.67. The summed E-state index contributed by atoms with van der Waals surface area (Å²) in [5.41, 5.74) is 7.00. The minimum atomic E-state index is 0.414. The Balaban J connectivity index is 1.65. The van der Waals surface area contributed by atoms with Gasteiger partial charge < -0.3 is 11.1 Å². The van der Waals surface area contributed by atoms with Crippen molar-refractivity contribution in [2.75, 3.05) is 11.9 Å². The van der Waals surface area contributed by atoms with Crippen LogP contribution in [0.25, 0.3) is 10.2 Å². The van der Waals surface area contributed by atoms with Gasteiger partial charge in [0, 0.05) is 12.6 Å². The molecule has 2 aromatic rings. The predicted molar refractivity (Wildman–Crippen MR) is 73.4 cm³/mol. The molecule has 1 aromatic carbocycles. The highest BCUT2D eigenvalue weighted by Crippen LogP contribution is 2.28. The van der Waals surface area contributed by atoms with Gasteiger partial charge in [-0.25, -0.2) is 4.98 Å². The third-order valence-electron chi connectivity index (χ3n) is 3.42. The number of nitrogens with one attached hydrogen (secondary N) is 1. The van der Waals surface area contributed by atoms with Crippen LogP contribution in [-0.2, 0) is 0 Å². The summed E-state index contributed by atoms with van der Waals surface area (Å²) < 4.78 is 1.25. The zero-order valence-corrected chi connectivity index (χ0v) is 10.5. The van der Waals surface area contributed by atoms with E-state index in [0.29, 0.717) is 6.04 Å². The molecule has 1 aromatic heterocycles. The fourth-order valence-corrected chi connectivity index (χ4v) is 3.35. The molecular weight excluding hydrogens is 230 g/mol. The summed E-state index contributed by atoms with van der Waals surface area (Å²) in [4.78, 5) is 4.57. The standard InChI is InChI=1S/C13H17N3S/c14-10-6-5-9(7-10)8-15-13-16-11-3-1-2-4-12(11)17-13/h1-4,9-10H,5-8,14H2,(H,15,16). The van der Waals surface area contributed by atoms with Gasteiger partial charge in [-0.15, -0.1) is 0 Å². The second kappa shape index (κ2) is 4.63. The number of nitrogens with two attached hydrogens (primary N) is 1. The maximum atomic E-state index is 5.91. The minimum Gasteiger partial charge on any atom is -0.361 e. The molecule has 1 saturated carbocycles. The molecule has 3 rings (SSSR count). The quantitative estimate of drug-likeness (QED) is 0.877. The molecule has 2 unspecified atom stereocenters. The molecule has 2 atom stereocenters. The van der Waals surface area contributed by atoms with E-state index in [4.69, 9.17) is 5.73 Å². The molecule has 0 aliphatic heterocycles. The molecule has 1 fully saturated rings. The van der Waals surface area contributed by atoms with Gasteiger partial charge in [-0.05, 0) is 37.3 Å². The molecule has 0 bridgehead atoms. The largest absolute Gasteiger partial charge is 0.361 e. The molecule has 1 aliphatic carbocycles. The second-order valence-electron chi connectivity index (χ2n) is 4.81. The first-order valence-electron chi connectivity index (χ1n) is 6.16. The SMILES string of the molecule is NC1CCC(CNc2nc3ccccc3s2)C1. The first-order chi connectivity index (χ1) is 8.31. The smallest absolute Gasteiger partial charge is 0.183 e. The van der Waals surface area contributed by atoms with Crippen LogP contribution in [0.1, 0.15) is 19.3 Å². The molecular formula is C13H17N3S. The van der Waals surface area contributed by atoms with Gasteiger partial charge in [0.25, 0.3) is 0 Å². The van der Waals surface area contributed by atoms with Crippen molar-refractivity contribution < 1.29 is 0 Å². The number of benzene rings is 1. The lowest BCUT2D eigenvalue weighted by atomic mass is 10.1. The highest BCUT2D eigenvalue weighted by Gasteiger charge is 2.21. The van der Waals surface area contributed by atoms with E-state index in [1.807, 2.05) is 6.07 Å². The molecule has 0 spiro atoms. The molecule has 1 aliphatic rings. The number of para-hydroxylation sites is 1. The van der Waals surface area contributed by atoms with Gasteiger partial charge in [-0.3, -0.25) is 0 Å². The first kappa shape index (κ1) is 11.0. The zero-order valence-electron chi connectivity index (χ0n) is 9.73. The van der Waals surface area contributed by atoms with Crippen molar-refractivity contribution in [3.05, 3.63) is 24.3 Å². The van der Waals surface area contributed by atoms with Crippen LogP contribution < -0.4 is 11.1 Å². The maximum absolute atomic E-state index is 5.91. The number of nitrogens with zero attached hydrogens (tertiary/aromatic N) is 1. The van der Waals surface area contributed by atoms with E-state index < -0.39 is 0 Å². The summed E-state index contributed by atoms with van der Waals surface area (Å²) in [7, 11) is 0. The number of fused-ring (bicyclic) bond motifs is 1.